The number of nitrogens with one attached hydrogen (secondary N) is 1. The predicted molar refractivity (Wildman–Crippen MR) is 175 cm³/mol. The third-order valence-corrected chi connectivity index (χ3v) is 8.68. The molecular weight excluding hydrogens is 606 g/mol. The fourth-order valence-electron chi connectivity index (χ4n) is 5.98. The van der Waals surface area contributed by atoms with Crippen LogP contribution in [0.2, 0.25) is 0 Å². The molecule has 0 bridgehead atoms. The topological polar surface area (TPSA) is 198 Å². The van der Waals surface area contributed by atoms with Crippen LogP contribution in [0.25, 0.3) is 22.1 Å². The van der Waals surface area contributed by atoms with Crippen molar-refractivity contribution in [1.29, 1.82) is 0 Å². The van der Waals surface area contributed by atoms with E-state index in [1.165, 1.54) is 12.1 Å². The largest absolute Gasteiger partial charge is 0.508 e. The van der Waals surface area contributed by atoms with E-state index >= 15 is 0 Å². The summed E-state index contributed by atoms with van der Waals surface area (Å²) in [6, 6.07) is 10.7. The van der Waals surface area contributed by atoms with Gasteiger partial charge in [0.2, 0.25) is 0 Å². The first-order valence-corrected chi connectivity index (χ1v) is 15.4. The molecule has 248 valence electrons. The van der Waals surface area contributed by atoms with Crippen molar-refractivity contribution in [2.24, 2.45) is 5.92 Å². The van der Waals surface area contributed by atoms with Crippen molar-refractivity contribution < 1.29 is 39.1 Å². The molecule has 0 radical (unpaired) electrons. The van der Waals surface area contributed by atoms with E-state index in [0.29, 0.717) is 23.5 Å². The molecule has 5 rings (SSSR count). The highest BCUT2D eigenvalue weighted by molar-refractivity contribution is 6.01. The van der Waals surface area contributed by atoms with Gasteiger partial charge in [0.25, 0.3) is 0 Å². The number of benzene rings is 2. The summed E-state index contributed by atoms with van der Waals surface area (Å²) in [4.78, 5) is 31.1. The molecule has 7 N–H and O–H groups in total. The van der Waals surface area contributed by atoms with E-state index in [9.17, 15) is 30.0 Å². The van der Waals surface area contributed by atoms with Gasteiger partial charge < -0.3 is 45.4 Å². The Morgan fingerprint density at radius 1 is 1.23 bits per heavy atom. The molecular formula is C35H39N3O9. The molecule has 3 atom stereocenters. The predicted octanol–water partition coefficient (Wildman–Crippen LogP) is 3.35. The van der Waals surface area contributed by atoms with Crippen LogP contribution in [0.15, 0.2) is 69.5 Å². The Balaban J connectivity index is 1.75. The van der Waals surface area contributed by atoms with Crippen molar-refractivity contribution in [3.05, 3.63) is 87.4 Å². The van der Waals surface area contributed by atoms with Crippen molar-refractivity contribution in [3.63, 3.8) is 0 Å². The maximum absolute atomic E-state index is 13.6. The van der Waals surface area contributed by atoms with Gasteiger partial charge in [-0.3, -0.25) is 4.79 Å². The average molecular weight is 646 g/mol. The molecule has 0 fully saturated rings. The number of nitrogens with two attached hydrogens (primary N) is 1. The molecule has 47 heavy (non-hydrogen) atoms. The van der Waals surface area contributed by atoms with Crippen molar-refractivity contribution in [3.8, 4) is 28.4 Å². The smallest absolute Gasteiger partial charge is 0.335 e. The number of hydrogen-bond acceptors (Lipinski definition) is 12. The van der Waals surface area contributed by atoms with Crippen LogP contribution in [-0.2, 0) is 29.0 Å². The van der Waals surface area contributed by atoms with Gasteiger partial charge in [0, 0.05) is 42.3 Å². The Bertz CT molecular complexity index is 1870. The molecule has 0 aliphatic carbocycles. The molecule has 1 aliphatic heterocycles. The molecule has 0 amide bonds. The van der Waals surface area contributed by atoms with Crippen LogP contribution in [0.5, 0.6) is 17.2 Å². The first-order valence-electron chi connectivity index (χ1n) is 15.4. The molecule has 4 aromatic rings. The molecule has 3 heterocycles. The fourth-order valence-corrected chi connectivity index (χ4v) is 5.98. The van der Waals surface area contributed by atoms with Gasteiger partial charge in [-0.2, -0.15) is 0 Å². The zero-order valence-electron chi connectivity index (χ0n) is 26.4. The fraction of sp³-hybridized carbons (Fsp3) is 0.343. The molecule has 0 saturated heterocycles. The minimum absolute atomic E-state index is 0.0442. The van der Waals surface area contributed by atoms with Crippen molar-refractivity contribution in [2.45, 2.75) is 51.9 Å². The first kappa shape index (κ1) is 33.5. The van der Waals surface area contributed by atoms with Gasteiger partial charge in [-0.15, -0.1) is 0 Å². The van der Waals surface area contributed by atoms with Gasteiger partial charge in [0.15, 0.2) is 11.0 Å². The number of nitrogens with zero attached hydrogens (tertiary/aromatic N) is 1. The lowest BCUT2D eigenvalue weighted by molar-refractivity contribution is -0.166. The Labute approximate surface area is 271 Å². The maximum Gasteiger partial charge on any atom is 0.335 e. The second-order valence-corrected chi connectivity index (χ2v) is 11.7. The van der Waals surface area contributed by atoms with E-state index < -0.39 is 41.4 Å². The lowest BCUT2D eigenvalue weighted by Gasteiger charge is -2.46. The minimum Gasteiger partial charge on any atom is -0.508 e. The number of carbonyl (C=O) groups excluding carboxylic acids is 1. The lowest BCUT2D eigenvalue weighted by atomic mass is 9.76. The highest BCUT2D eigenvalue weighted by Crippen LogP contribution is 2.52. The standard InChI is InChI=1S/C35H39N3O9/c1-4-20(16-37-5-2)34(44)46-27-14-25-31(43)30-26(42)13-24(18-40)45-33(30)29(21-7-6-8-23(41)12-21)32(25)47-35(27,3)22(17-39)11-19-9-10-28(36)38-15-19/h4,6-10,12-13,15,22,27,37,39-41,43H,5,11,14,16-18H2,1-3H3,(H2,36,38). The van der Waals surface area contributed by atoms with E-state index in [0.717, 1.165) is 11.6 Å². The van der Waals surface area contributed by atoms with Crippen molar-refractivity contribution in [1.82, 2.24) is 10.3 Å². The Hall–Kier alpha value is -4.91. The van der Waals surface area contributed by atoms with Crippen LogP contribution in [0, 0.1) is 5.92 Å². The number of phenolic OH excluding ortho intramolecular Hbond substituents is 2. The number of hydrogen-bond donors (Lipinski definition) is 6. The summed E-state index contributed by atoms with van der Waals surface area (Å²) in [6.07, 6.45) is 2.35. The van der Waals surface area contributed by atoms with Crippen LogP contribution in [0.1, 0.15) is 37.7 Å². The zero-order chi connectivity index (χ0) is 33.9. The number of aliphatic hydroxyl groups excluding tert-OH is 2. The van der Waals surface area contributed by atoms with Crippen LogP contribution < -0.4 is 21.2 Å². The summed E-state index contributed by atoms with van der Waals surface area (Å²) in [6.45, 7) is 5.28. The Kier molecular flexibility index (Phi) is 9.85. The second kappa shape index (κ2) is 13.8. The SMILES string of the molecule is CC=C(CNCC)C(=O)OC1Cc2c(c(-c3cccc(O)c3)c3oc(CO)cc(=O)c3c2O)OC1(C)C(CO)Cc1ccc(N)nc1. The van der Waals surface area contributed by atoms with Crippen LogP contribution in [0.4, 0.5) is 5.82 Å². The molecule has 1 aliphatic rings. The number of aliphatic hydroxyl groups is 2. The third kappa shape index (κ3) is 6.53. The molecule has 12 nitrogen and oxygen atoms in total. The van der Waals surface area contributed by atoms with Gasteiger partial charge in [0.05, 0.1) is 12.2 Å². The number of ether oxygens (including phenoxy) is 2. The third-order valence-electron chi connectivity index (χ3n) is 8.68. The Morgan fingerprint density at radius 2 is 2.02 bits per heavy atom. The van der Waals surface area contributed by atoms with E-state index in [-0.39, 0.29) is 65.3 Å². The molecule has 3 unspecified atom stereocenters. The number of anilines is 1. The number of esters is 1. The summed E-state index contributed by atoms with van der Waals surface area (Å²) >= 11 is 0. The summed E-state index contributed by atoms with van der Waals surface area (Å²) in [5, 5.41) is 45.7. The summed E-state index contributed by atoms with van der Waals surface area (Å²) < 4.78 is 18.9. The van der Waals surface area contributed by atoms with Gasteiger partial charge in [-0.05, 0) is 56.1 Å². The van der Waals surface area contributed by atoms with E-state index in [1.807, 2.05) is 6.92 Å². The molecule has 0 saturated carbocycles. The monoisotopic (exact) mass is 645 g/mol. The van der Waals surface area contributed by atoms with Gasteiger partial charge >= 0.3 is 5.97 Å². The first-order chi connectivity index (χ1) is 22.5. The summed E-state index contributed by atoms with van der Waals surface area (Å²) in [5.74, 6) is -1.40. The minimum atomic E-state index is -1.42. The zero-order valence-corrected chi connectivity index (χ0v) is 26.4. The molecule has 2 aromatic carbocycles. The molecule has 2 aromatic heterocycles. The van der Waals surface area contributed by atoms with Crippen LogP contribution >= 0.6 is 0 Å². The Morgan fingerprint density at radius 3 is 2.66 bits per heavy atom. The normalized spacial score (nSPS) is 18.4. The number of phenols is 2. The van der Waals surface area contributed by atoms with Crippen LogP contribution in [-0.4, -0.2) is 62.8 Å². The van der Waals surface area contributed by atoms with Gasteiger partial charge in [-0.1, -0.05) is 31.2 Å². The molecule has 0 spiro atoms. The average Bonchev–Trinajstić information content (AvgIpc) is 3.05. The number of aromatic nitrogens is 1. The van der Waals surface area contributed by atoms with E-state index in [2.05, 4.69) is 10.3 Å². The number of rotatable bonds is 11. The number of pyridine rings is 1. The van der Waals surface area contributed by atoms with Gasteiger partial charge in [0.1, 0.15) is 52.5 Å². The number of fused-ring (bicyclic) bond motifs is 2. The quantitative estimate of drug-likeness (QED) is 0.103. The van der Waals surface area contributed by atoms with Crippen molar-refractivity contribution >= 4 is 22.8 Å². The summed E-state index contributed by atoms with van der Waals surface area (Å²) in [5.41, 5.74) is 5.64. The number of nitrogen functional groups attached to an aromatic ring is 1. The number of aromatic hydroxyl groups is 2. The van der Waals surface area contributed by atoms with Crippen molar-refractivity contribution in [2.75, 3.05) is 25.4 Å². The lowest BCUT2D eigenvalue weighted by Crippen LogP contribution is -2.57. The number of allylic oxidation sites excluding steroid dienone is 1. The van der Waals surface area contributed by atoms with Gasteiger partial charge in [-0.25, -0.2) is 9.78 Å². The number of carbonyl (C=O) groups is 1. The maximum atomic E-state index is 13.6. The highest BCUT2D eigenvalue weighted by atomic mass is 16.6. The van der Waals surface area contributed by atoms with Crippen LogP contribution in [0.3, 0.4) is 0 Å². The summed E-state index contributed by atoms with van der Waals surface area (Å²) in [7, 11) is 0. The second-order valence-electron chi connectivity index (χ2n) is 11.7. The molecule has 12 heteroatoms. The van der Waals surface area contributed by atoms with E-state index in [4.69, 9.17) is 19.6 Å². The van der Waals surface area contributed by atoms with E-state index in [1.54, 1.807) is 50.4 Å². The highest BCUT2D eigenvalue weighted by Gasteiger charge is 2.51. The number of likely N-dealkylation sites (N-methyl/N-ethyl adjacent to an activating group) is 1.